The van der Waals surface area contributed by atoms with E-state index in [1.54, 1.807) is 0 Å². The summed E-state index contributed by atoms with van der Waals surface area (Å²) in [5.74, 6) is 3.05. The van der Waals surface area contributed by atoms with Crippen LogP contribution in [0.3, 0.4) is 0 Å². The van der Waals surface area contributed by atoms with Gasteiger partial charge >= 0.3 is 0 Å². The molecule has 10 aromatic rings. The second-order valence-corrected chi connectivity index (χ2v) is 18.5. The van der Waals surface area contributed by atoms with E-state index in [9.17, 15) is 0 Å². The molecule has 4 aliphatic rings. The van der Waals surface area contributed by atoms with Crippen LogP contribution in [0.4, 0.5) is 11.4 Å². The van der Waals surface area contributed by atoms with Gasteiger partial charge in [-0.15, -0.1) is 11.3 Å². The van der Waals surface area contributed by atoms with Gasteiger partial charge in [0.25, 0.3) is 0 Å². The Hall–Kier alpha value is -7.92. The van der Waals surface area contributed by atoms with Crippen LogP contribution in [-0.2, 0) is 5.41 Å². The zero-order valence-corrected chi connectivity index (χ0v) is 36.1. The Bertz CT molecular complexity index is 3630. The summed E-state index contributed by atoms with van der Waals surface area (Å²) in [5.41, 5.74) is 16.8. The summed E-state index contributed by atoms with van der Waals surface area (Å²) in [6, 6.07) is 72.8. The quantitative estimate of drug-likeness (QED) is 0.172. The molecule has 14 rings (SSSR count). The molecule has 4 heteroatoms. The van der Waals surface area contributed by atoms with Crippen molar-refractivity contribution < 1.29 is 9.47 Å². The van der Waals surface area contributed by atoms with E-state index in [0.29, 0.717) is 0 Å². The largest absolute Gasteiger partial charge is 0.449 e. The summed E-state index contributed by atoms with van der Waals surface area (Å²) in [4.78, 5) is 2.46. The van der Waals surface area contributed by atoms with Crippen LogP contribution in [0.1, 0.15) is 40.2 Å². The number of rotatable bonds is 5. The first kappa shape index (κ1) is 36.6. The van der Waals surface area contributed by atoms with Crippen molar-refractivity contribution in [2.45, 2.75) is 17.8 Å². The first-order valence-corrected chi connectivity index (χ1v) is 23.2. The number of fused-ring (bicyclic) bond motifs is 15. The number of hydrogen-bond acceptors (Lipinski definition) is 4. The maximum atomic E-state index is 6.97. The van der Waals surface area contributed by atoms with Crippen LogP contribution in [0.15, 0.2) is 224 Å². The number of hydrogen-bond donors (Lipinski definition) is 0. The predicted octanol–water partition coefficient (Wildman–Crippen LogP) is 16.7. The van der Waals surface area contributed by atoms with Crippen LogP contribution < -0.4 is 14.4 Å². The lowest BCUT2D eigenvalue weighted by atomic mass is 9.70. The first-order chi connectivity index (χ1) is 32.2. The Labute approximate surface area is 381 Å². The molecule has 0 radical (unpaired) electrons. The molecule has 306 valence electrons. The summed E-state index contributed by atoms with van der Waals surface area (Å²) < 4.78 is 16.4. The van der Waals surface area contributed by atoms with E-state index in [0.717, 1.165) is 40.8 Å². The van der Waals surface area contributed by atoms with Crippen molar-refractivity contribution in [2.75, 3.05) is 4.90 Å². The van der Waals surface area contributed by atoms with Gasteiger partial charge in [-0.05, 0) is 111 Å². The molecule has 1 aromatic heterocycles. The molecule has 9 aromatic carbocycles. The van der Waals surface area contributed by atoms with E-state index in [1.165, 1.54) is 87.1 Å². The monoisotopic (exact) mass is 849 g/mol. The van der Waals surface area contributed by atoms with E-state index in [-0.39, 0.29) is 5.92 Å². The Kier molecular flexibility index (Phi) is 7.90. The van der Waals surface area contributed by atoms with Gasteiger partial charge < -0.3 is 14.4 Å². The van der Waals surface area contributed by atoms with Gasteiger partial charge in [0.15, 0.2) is 23.0 Å². The van der Waals surface area contributed by atoms with E-state index in [2.05, 4.69) is 223 Å². The number of ether oxygens (including phenoxy) is 2. The van der Waals surface area contributed by atoms with Gasteiger partial charge in [0, 0.05) is 48.6 Å². The minimum absolute atomic E-state index is 0.110. The number of para-hydroxylation sites is 2. The van der Waals surface area contributed by atoms with Crippen molar-refractivity contribution >= 4 is 42.9 Å². The second kappa shape index (κ2) is 14.0. The van der Waals surface area contributed by atoms with Crippen LogP contribution in [-0.4, -0.2) is 0 Å². The van der Waals surface area contributed by atoms with Crippen molar-refractivity contribution in [2.24, 2.45) is 0 Å². The molecule has 1 spiro atoms. The van der Waals surface area contributed by atoms with Gasteiger partial charge in [-0.1, -0.05) is 164 Å². The molecule has 0 fully saturated rings. The Morgan fingerprint density at radius 2 is 1.06 bits per heavy atom. The van der Waals surface area contributed by atoms with Gasteiger partial charge in [0.2, 0.25) is 0 Å². The summed E-state index contributed by atoms with van der Waals surface area (Å²) in [6.07, 6.45) is 7.62. The fourth-order valence-electron chi connectivity index (χ4n) is 11.4. The maximum Gasteiger partial charge on any atom is 0.170 e. The lowest BCUT2D eigenvalue weighted by molar-refractivity contribution is 0.358. The molecule has 0 N–H and O–H groups in total. The molecular formula is C61H39NO2S. The van der Waals surface area contributed by atoms with Gasteiger partial charge in [-0.3, -0.25) is 0 Å². The minimum Gasteiger partial charge on any atom is -0.449 e. The molecule has 2 heterocycles. The molecule has 0 amide bonds. The van der Waals surface area contributed by atoms with Gasteiger partial charge in [0.05, 0.1) is 11.1 Å². The van der Waals surface area contributed by atoms with Crippen molar-refractivity contribution in [3.63, 3.8) is 0 Å². The minimum atomic E-state index is -0.455. The van der Waals surface area contributed by atoms with Gasteiger partial charge in [0.1, 0.15) is 0 Å². The number of benzene rings is 9. The van der Waals surface area contributed by atoms with Crippen molar-refractivity contribution in [3.05, 3.63) is 252 Å². The van der Waals surface area contributed by atoms with E-state index >= 15 is 0 Å². The van der Waals surface area contributed by atoms with Crippen LogP contribution in [0.25, 0.3) is 53.6 Å². The average molecular weight is 850 g/mol. The summed E-state index contributed by atoms with van der Waals surface area (Å²) in [5, 5.41) is 2.61. The van der Waals surface area contributed by atoms with E-state index in [4.69, 9.17) is 9.47 Å². The van der Waals surface area contributed by atoms with Crippen LogP contribution >= 0.6 is 11.3 Å². The highest BCUT2D eigenvalue weighted by Crippen LogP contribution is 2.64. The fraction of sp³-hybridized carbons (Fsp3) is 0.0492. The highest BCUT2D eigenvalue weighted by atomic mass is 32.1. The molecule has 65 heavy (non-hydrogen) atoms. The fourth-order valence-corrected chi connectivity index (χ4v) is 12.6. The highest BCUT2D eigenvalue weighted by molar-refractivity contribution is 7.26. The molecule has 3 nitrogen and oxygen atoms in total. The number of nitrogens with zero attached hydrogens (tertiary/aromatic N) is 1. The van der Waals surface area contributed by atoms with Crippen molar-refractivity contribution in [3.8, 4) is 56.4 Å². The summed E-state index contributed by atoms with van der Waals surface area (Å²) in [6.45, 7) is 0. The third kappa shape index (κ3) is 5.29. The lowest BCUT2D eigenvalue weighted by Gasteiger charge is -2.33. The van der Waals surface area contributed by atoms with E-state index in [1.807, 2.05) is 11.3 Å². The molecule has 1 aliphatic heterocycles. The van der Waals surface area contributed by atoms with Crippen molar-refractivity contribution in [1.82, 2.24) is 0 Å². The third-order valence-electron chi connectivity index (χ3n) is 14.1. The average Bonchev–Trinajstić information content (AvgIpc) is 4.00. The number of allylic oxidation sites excluding steroid dienone is 4. The first-order valence-electron chi connectivity index (χ1n) is 22.4. The van der Waals surface area contributed by atoms with Crippen molar-refractivity contribution in [1.29, 1.82) is 0 Å². The smallest absolute Gasteiger partial charge is 0.170 e. The predicted molar refractivity (Wildman–Crippen MR) is 267 cm³/mol. The Morgan fingerprint density at radius 3 is 1.85 bits per heavy atom. The number of thiophene rings is 1. The standard InChI is InChI=1S/C61H39NO2S/c1-2-17-40(18-3-1)62(54-30-12-7-23-45(54)47-25-15-26-48-46-24-8-13-31-59(46)65-60(47)48)41-19-14-16-38(34-41)39-32-33-55-56(35-39)64-58-37-53-49(36-57(58)63-55)44-22-6-11-29-52(44)61(53)50-27-9-4-20-42(50)43-21-5-10-28-51(43)61/h1-33,35-38H,34H2. The number of anilines is 2. The van der Waals surface area contributed by atoms with Gasteiger partial charge in [-0.25, -0.2) is 0 Å². The molecule has 0 bridgehead atoms. The SMILES string of the molecule is C1=CC(c2ccc3c(c2)Oc2cc4c(cc2O3)-c2ccccc2C42c3ccccc3-c3ccccc32)CC(N(c2ccccc2)c2ccccc2-c2cccc3c2sc2ccccc23)=C1. The molecular weight excluding hydrogens is 811 g/mol. The molecule has 1 unspecified atom stereocenters. The Balaban J connectivity index is 0.831. The van der Waals surface area contributed by atoms with E-state index < -0.39 is 5.41 Å². The molecule has 3 aliphatic carbocycles. The lowest BCUT2D eigenvalue weighted by Crippen LogP contribution is -2.25. The van der Waals surface area contributed by atoms with Gasteiger partial charge in [-0.2, -0.15) is 0 Å². The molecule has 0 saturated heterocycles. The zero-order valence-electron chi connectivity index (χ0n) is 35.2. The topological polar surface area (TPSA) is 21.7 Å². The third-order valence-corrected chi connectivity index (χ3v) is 15.3. The molecule has 1 atom stereocenters. The highest BCUT2D eigenvalue weighted by Gasteiger charge is 2.52. The second-order valence-electron chi connectivity index (χ2n) is 17.5. The van der Waals surface area contributed by atoms with Crippen LogP contribution in [0.5, 0.6) is 23.0 Å². The zero-order chi connectivity index (χ0) is 42.6. The normalized spacial score (nSPS) is 15.6. The van der Waals surface area contributed by atoms with Crippen LogP contribution in [0.2, 0.25) is 0 Å². The maximum absolute atomic E-state index is 6.97. The molecule has 0 saturated carbocycles. The summed E-state index contributed by atoms with van der Waals surface area (Å²) in [7, 11) is 0. The summed E-state index contributed by atoms with van der Waals surface area (Å²) >= 11 is 1.88. The van der Waals surface area contributed by atoms with Crippen LogP contribution in [0, 0.1) is 0 Å². The Morgan fingerprint density at radius 1 is 0.462 bits per heavy atom.